The molecule has 0 aliphatic heterocycles. The molecule has 0 radical (unpaired) electrons. The van der Waals surface area contributed by atoms with Gasteiger partial charge in [-0.05, 0) is 25.8 Å². The van der Waals surface area contributed by atoms with Gasteiger partial charge < -0.3 is 5.32 Å². The Bertz CT molecular complexity index is 702. The van der Waals surface area contributed by atoms with E-state index in [4.69, 9.17) is 0 Å². The van der Waals surface area contributed by atoms with Crippen LogP contribution in [0.4, 0.5) is 0 Å². The molecule has 112 valence electrons. The topological polar surface area (TPSA) is 64.0 Å². The molecule has 2 aromatic rings. The maximum Gasteiger partial charge on any atom is 0.274 e. The molecule has 0 saturated heterocycles. The molecule has 0 fully saturated rings. The van der Waals surface area contributed by atoms with Crippen LogP contribution in [0.2, 0.25) is 0 Å². The van der Waals surface area contributed by atoms with Crippen molar-refractivity contribution in [1.82, 2.24) is 15.1 Å². The maximum atomic E-state index is 12.5. The van der Waals surface area contributed by atoms with Gasteiger partial charge in [-0.3, -0.25) is 9.59 Å². The fourth-order valence-electron chi connectivity index (χ4n) is 2.36. The van der Waals surface area contributed by atoms with Gasteiger partial charge >= 0.3 is 0 Å². The SMILES string of the molecule is CCC(CC)NC(=O)c1nn(CC)c(=O)c2ccccc12. The summed E-state index contributed by atoms with van der Waals surface area (Å²) < 4.78 is 1.34. The van der Waals surface area contributed by atoms with Crippen LogP contribution in [0.3, 0.4) is 0 Å². The normalized spacial score (nSPS) is 11.0. The zero-order valence-corrected chi connectivity index (χ0v) is 12.7. The molecule has 0 unspecified atom stereocenters. The maximum absolute atomic E-state index is 12.5. The Balaban J connectivity index is 2.55. The highest BCUT2D eigenvalue weighted by Gasteiger charge is 2.17. The Labute approximate surface area is 124 Å². The van der Waals surface area contributed by atoms with E-state index in [1.807, 2.05) is 26.8 Å². The van der Waals surface area contributed by atoms with E-state index in [1.165, 1.54) is 4.68 Å². The fraction of sp³-hybridized carbons (Fsp3) is 0.438. The van der Waals surface area contributed by atoms with Crippen LogP contribution in [0.25, 0.3) is 10.8 Å². The van der Waals surface area contributed by atoms with E-state index in [0.29, 0.717) is 23.0 Å². The molecule has 1 heterocycles. The van der Waals surface area contributed by atoms with Crippen LogP contribution >= 0.6 is 0 Å². The molecular weight excluding hydrogens is 266 g/mol. The Kier molecular flexibility index (Phi) is 4.73. The van der Waals surface area contributed by atoms with Gasteiger partial charge in [0.1, 0.15) is 0 Å². The van der Waals surface area contributed by atoms with Gasteiger partial charge in [-0.2, -0.15) is 5.10 Å². The van der Waals surface area contributed by atoms with Crippen LogP contribution < -0.4 is 10.9 Å². The van der Waals surface area contributed by atoms with E-state index in [9.17, 15) is 9.59 Å². The molecule has 0 bridgehead atoms. The van der Waals surface area contributed by atoms with Crippen LogP contribution in [0.1, 0.15) is 44.1 Å². The van der Waals surface area contributed by atoms with Crippen molar-refractivity contribution in [1.29, 1.82) is 0 Å². The van der Waals surface area contributed by atoms with Crippen molar-refractivity contribution in [3.8, 4) is 0 Å². The third-order valence-electron chi connectivity index (χ3n) is 3.70. The highest BCUT2D eigenvalue weighted by atomic mass is 16.2. The Morgan fingerprint density at radius 3 is 2.38 bits per heavy atom. The van der Waals surface area contributed by atoms with Gasteiger partial charge in [-0.25, -0.2) is 4.68 Å². The summed E-state index contributed by atoms with van der Waals surface area (Å²) in [6.07, 6.45) is 1.74. The third-order valence-corrected chi connectivity index (χ3v) is 3.70. The first-order valence-electron chi connectivity index (χ1n) is 7.43. The molecule has 1 aromatic heterocycles. The van der Waals surface area contributed by atoms with E-state index in [2.05, 4.69) is 10.4 Å². The molecule has 0 aliphatic rings. The predicted molar refractivity (Wildman–Crippen MR) is 83.5 cm³/mol. The average Bonchev–Trinajstić information content (AvgIpc) is 2.53. The molecular formula is C16H21N3O2. The lowest BCUT2D eigenvalue weighted by Gasteiger charge is -2.15. The summed E-state index contributed by atoms with van der Waals surface area (Å²) in [4.78, 5) is 24.7. The highest BCUT2D eigenvalue weighted by molar-refractivity contribution is 6.04. The molecule has 1 N–H and O–H groups in total. The summed E-state index contributed by atoms with van der Waals surface area (Å²) in [5, 5.41) is 8.35. The average molecular weight is 287 g/mol. The summed E-state index contributed by atoms with van der Waals surface area (Å²) in [5.41, 5.74) is 0.158. The standard InChI is InChI=1S/C16H21N3O2/c1-4-11(5-2)17-15(20)14-12-9-7-8-10-13(12)16(21)19(6-3)18-14/h7-11H,4-6H2,1-3H3,(H,17,20). The summed E-state index contributed by atoms with van der Waals surface area (Å²) in [5.74, 6) is -0.220. The number of aryl methyl sites for hydroxylation is 1. The lowest BCUT2D eigenvalue weighted by molar-refractivity contribution is 0.0929. The van der Waals surface area contributed by atoms with Crippen molar-refractivity contribution in [2.75, 3.05) is 0 Å². The number of rotatable bonds is 5. The third kappa shape index (κ3) is 2.96. The molecule has 21 heavy (non-hydrogen) atoms. The molecule has 0 aliphatic carbocycles. The number of amides is 1. The van der Waals surface area contributed by atoms with Crippen LogP contribution in [0.5, 0.6) is 0 Å². The first kappa shape index (κ1) is 15.2. The molecule has 0 spiro atoms. The summed E-state index contributed by atoms with van der Waals surface area (Å²) in [6, 6.07) is 7.24. The minimum absolute atomic E-state index is 0.125. The lowest BCUT2D eigenvalue weighted by atomic mass is 10.1. The van der Waals surface area contributed by atoms with Crippen molar-refractivity contribution >= 4 is 16.7 Å². The number of benzene rings is 1. The smallest absolute Gasteiger partial charge is 0.274 e. The van der Waals surface area contributed by atoms with Crippen LogP contribution in [-0.2, 0) is 6.54 Å². The molecule has 0 atom stereocenters. The summed E-state index contributed by atoms with van der Waals surface area (Å²) >= 11 is 0. The van der Waals surface area contributed by atoms with E-state index >= 15 is 0 Å². The van der Waals surface area contributed by atoms with Crippen molar-refractivity contribution < 1.29 is 4.79 Å². The summed E-state index contributed by atoms with van der Waals surface area (Å²) in [6.45, 7) is 6.35. The second-order valence-corrected chi connectivity index (χ2v) is 5.00. The zero-order valence-electron chi connectivity index (χ0n) is 12.7. The minimum Gasteiger partial charge on any atom is -0.348 e. The first-order valence-corrected chi connectivity index (χ1v) is 7.43. The largest absolute Gasteiger partial charge is 0.348 e. The minimum atomic E-state index is -0.220. The second-order valence-electron chi connectivity index (χ2n) is 5.00. The van der Waals surface area contributed by atoms with Gasteiger partial charge in [0.15, 0.2) is 5.69 Å². The van der Waals surface area contributed by atoms with E-state index in [0.717, 1.165) is 12.8 Å². The number of fused-ring (bicyclic) bond motifs is 1. The second kappa shape index (κ2) is 6.52. The number of carbonyl (C=O) groups is 1. The van der Waals surface area contributed by atoms with Crippen molar-refractivity contribution in [3.63, 3.8) is 0 Å². The number of nitrogens with zero attached hydrogens (tertiary/aromatic N) is 2. The Morgan fingerprint density at radius 2 is 1.81 bits per heavy atom. The predicted octanol–water partition coefficient (Wildman–Crippen LogP) is 2.33. The summed E-state index contributed by atoms with van der Waals surface area (Å²) in [7, 11) is 0. The van der Waals surface area contributed by atoms with Crippen molar-refractivity contribution in [2.45, 2.75) is 46.2 Å². The number of hydrogen-bond donors (Lipinski definition) is 1. The van der Waals surface area contributed by atoms with Gasteiger partial charge in [0, 0.05) is 18.0 Å². The first-order chi connectivity index (χ1) is 10.1. The van der Waals surface area contributed by atoms with E-state index in [-0.39, 0.29) is 17.5 Å². The van der Waals surface area contributed by atoms with Gasteiger partial charge in [0.05, 0.1) is 5.39 Å². The van der Waals surface area contributed by atoms with Crippen LogP contribution in [0.15, 0.2) is 29.1 Å². The van der Waals surface area contributed by atoms with Gasteiger partial charge in [0.2, 0.25) is 0 Å². The number of nitrogens with one attached hydrogen (secondary N) is 1. The lowest BCUT2D eigenvalue weighted by Crippen LogP contribution is -2.36. The fourth-order valence-corrected chi connectivity index (χ4v) is 2.36. The number of hydrogen-bond acceptors (Lipinski definition) is 3. The van der Waals surface area contributed by atoms with Crippen LogP contribution in [-0.4, -0.2) is 21.7 Å². The van der Waals surface area contributed by atoms with Gasteiger partial charge in [-0.1, -0.05) is 32.0 Å². The van der Waals surface area contributed by atoms with Crippen LogP contribution in [0, 0.1) is 0 Å². The molecule has 5 nitrogen and oxygen atoms in total. The molecule has 1 aromatic carbocycles. The Hall–Kier alpha value is -2.17. The zero-order chi connectivity index (χ0) is 15.4. The van der Waals surface area contributed by atoms with E-state index in [1.54, 1.807) is 18.2 Å². The molecule has 0 saturated carbocycles. The molecule has 1 amide bonds. The van der Waals surface area contributed by atoms with Crippen molar-refractivity contribution in [3.05, 3.63) is 40.3 Å². The van der Waals surface area contributed by atoms with Gasteiger partial charge in [-0.15, -0.1) is 0 Å². The number of aromatic nitrogens is 2. The highest BCUT2D eigenvalue weighted by Crippen LogP contribution is 2.13. The molecule has 5 heteroatoms. The number of carbonyl (C=O) groups excluding carboxylic acids is 1. The Morgan fingerprint density at radius 1 is 1.19 bits per heavy atom. The van der Waals surface area contributed by atoms with Gasteiger partial charge in [0.25, 0.3) is 11.5 Å². The van der Waals surface area contributed by atoms with E-state index < -0.39 is 0 Å². The quantitative estimate of drug-likeness (QED) is 0.918. The van der Waals surface area contributed by atoms with Crippen molar-refractivity contribution in [2.24, 2.45) is 0 Å². The molecule has 2 rings (SSSR count). The monoisotopic (exact) mass is 287 g/mol.